The molecule has 7 nitrogen and oxygen atoms in total. The Morgan fingerprint density at radius 3 is 2.05 bits per heavy atom. The van der Waals surface area contributed by atoms with Gasteiger partial charge in [0.25, 0.3) is 0 Å². The molecular weight excluding hydrogens is 540 g/mol. The molecule has 2 heterocycles. The van der Waals surface area contributed by atoms with Gasteiger partial charge in [0.05, 0.1) is 29.2 Å². The van der Waals surface area contributed by atoms with E-state index in [-0.39, 0.29) is 35.7 Å². The van der Waals surface area contributed by atoms with Crippen LogP contribution in [0.5, 0.6) is 0 Å². The summed E-state index contributed by atoms with van der Waals surface area (Å²) in [6.45, 7) is 8.40. The fourth-order valence-corrected chi connectivity index (χ4v) is 5.20. The first kappa shape index (κ1) is 31.3. The summed E-state index contributed by atoms with van der Waals surface area (Å²) in [6.07, 6.45) is -5.60. The van der Waals surface area contributed by atoms with Gasteiger partial charge in [0.1, 0.15) is 11.3 Å². The minimum Gasteiger partial charge on any atom is -0.444 e. The molecule has 1 aromatic carbocycles. The standard InChI is InChI=1S/C27H35F6N5O2/c1-6-21-9-8-10-25(7-2,38(21)23(39)40-24(3,4)5)37(22-35-14-20(34)15-36-22)16-17-11-18(26(28,29)30)13-19(12-17)27(31,32)33/h11-15,21H,6-10,16,34H2,1-5H3. The van der Waals surface area contributed by atoms with Gasteiger partial charge in [0.15, 0.2) is 0 Å². The molecule has 222 valence electrons. The molecule has 0 bridgehead atoms. The number of benzene rings is 1. The second kappa shape index (κ2) is 11.3. The number of amides is 1. The SMILES string of the molecule is CCC1CCCC(CC)(N(Cc2cc(C(F)(F)F)cc(C(F)(F)F)c2)c2ncc(N)cn2)N1C(=O)OC(C)(C)C. The van der Waals surface area contributed by atoms with Crippen LogP contribution in [0.3, 0.4) is 0 Å². The van der Waals surface area contributed by atoms with Crippen LogP contribution in [-0.2, 0) is 23.6 Å². The van der Waals surface area contributed by atoms with E-state index < -0.39 is 47.4 Å². The molecule has 1 aliphatic heterocycles. The summed E-state index contributed by atoms with van der Waals surface area (Å²) in [5.74, 6) is 0.00679. The number of nitrogens with two attached hydrogens (primary N) is 1. The van der Waals surface area contributed by atoms with Crippen molar-refractivity contribution in [1.82, 2.24) is 14.9 Å². The first-order valence-corrected chi connectivity index (χ1v) is 13.1. The van der Waals surface area contributed by atoms with Gasteiger partial charge in [-0.3, -0.25) is 4.90 Å². The van der Waals surface area contributed by atoms with Gasteiger partial charge in [-0.1, -0.05) is 13.8 Å². The van der Waals surface area contributed by atoms with Crippen LogP contribution in [0.2, 0.25) is 0 Å². The molecule has 3 rings (SSSR count). The molecule has 0 aliphatic carbocycles. The van der Waals surface area contributed by atoms with Crippen LogP contribution in [0.1, 0.15) is 83.4 Å². The molecule has 2 unspecified atom stereocenters. The van der Waals surface area contributed by atoms with Gasteiger partial charge < -0.3 is 15.4 Å². The number of alkyl halides is 6. The maximum atomic E-state index is 13.7. The van der Waals surface area contributed by atoms with Gasteiger partial charge in [-0.2, -0.15) is 26.3 Å². The molecule has 1 fully saturated rings. The number of halogens is 6. The number of piperidine rings is 1. The highest BCUT2D eigenvalue weighted by atomic mass is 19.4. The lowest BCUT2D eigenvalue weighted by atomic mass is 9.85. The predicted octanol–water partition coefficient (Wildman–Crippen LogP) is 7.41. The summed E-state index contributed by atoms with van der Waals surface area (Å²) in [5.41, 5.74) is 0.789. The summed E-state index contributed by atoms with van der Waals surface area (Å²) in [6, 6.07) is 1.15. The maximum absolute atomic E-state index is 13.7. The third kappa shape index (κ3) is 6.90. The number of rotatable bonds is 6. The summed E-state index contributed by atoms with van der Waals surface area (Å²) >= 11 is 0. The third-order valence-corrected chi connectivity index (χ3v) is 6.95. The molecule has 0 saturated carbocycles. The Kier molecular flexibility index (Phi) is 8.85. The number of carbonyl (C=O) groups excluding carboxylic acids is 1. The average Bonchev–Trinajstić information content (AvgIpc) is 2.85. The number of hydrogen-bond donors (Lipinski definition) is 1. The van der Waals surface area contributed by atoms with Crippen molar-refractivity contribution in [3.63, 3.8) is 0 Å². The smallest absolute Gasteiger partial charge is 0.416 e. The van der Waals surface area contributed by atoms with Crippen molar-refractivity contribution in [2.75, 3.05) is 10.6 Å². The quantitative estimate of drug-likeness (QED) is 0.361. The fourth-order valence-electron chi connectivity index (χ4n) is 5.20. The lowest BCUT2D eigenvalue weighted by molar-refractivity contribution is -0.143. The molecule has 0 radical (unpaired) electrons. The van der Waals surface area contributed by atoms with Crippen LogP contribution in [0.15, 0.2) is 30.6 Å². The zero-order valence-electron chi connectivity index (χ0n) is 23.2. The number of likely N-dealkylation sites (tertiary alicyclic amines) is 1. The second-order valence-electron chi connectivity index (χ2n) is 11.0. The van der Waals surface area contributed by atoms with E-state index in [0.717, 1.165) is 0 Å². The topological polar surface area (TPSA) is 84.6 Å². The number of anilines is 2. The molecule has 0 spiro atoms. The Hall–Kier alpha value is -3.25. The first-order chi connectivity index (χ1) is 18.4. The number of aromatic nitrogens is 2. The average molecular weight is 576 g/mol. The maximum Gasteiger partial charge on any atom is 0.416 e. The van der Waals surface area contributed by atoms with Crippen molar-refractivity contribution in [3.8, 4) is 0 Å². The summed E-state index contributed by atoms with van der Waals surface area (Å²) < 4.78 is 87.8. The number of hydrogen-bond acceptors (Lipinski definition) is 6. The summed E-state index contributed by atoms with van der Waals surface area (Å²) in [4.78, 5) is 25.3. The molecule has 40 heavy (non-hydrogen) atoms. The molecule has 2 N–H and O–H groups in total. The Balaban J connectivity index is 2.25. The normalized spacial score (nSPS) is 20.4. The van der Waals surface area contributed by atoms with E-state index in [4.69, 9.17) is 10.5 Å². The van der Waals surface area contributed by atoms with Crippen molar-refractivity contribution in [2.24, 2.45) is 0 Å². The third-order valence-electron chi connectivity index (χ3n) is 6.95. The lowest BCUT2D eigenvalue weighted by Gasteiger charge is -2.55. The zero-order chi connectivity index (χ0) is 30.1. The van der Waals surface area contributed by atoms with Gasteiger partial charge in [-0.25, -0.2) is 14.8 Å². The van der Waals surface area contributed by atoms with Crippen LogP contribution < -0.4 is 10.6 Å². The van der Waals surface area contributed by atoms with E-state index in [9.17, 15) is 31.1 Å². The van der Waals surface area contributed by atoms with E-state index in [0.29, 0.717) is 37.8 Å². The van der Waals surface area contributed by atoms with E-state index in [1.165, 1.54) is 17.3 Å². The van der Waals surface area contributed by atoms with E-state index in [2.05, 4.69) is 9.97 Å². The van der Waals surface area contributed by atoms with Crippen molar-refractivity contribution in [3.05, 3.63) is 47.3 Å². The predicted molar refractivity (Wildman–Crippen MR) is 138 cm³/mol. The minimum absolute atomic E-state index is 0.00679. The van der Waals surface area contributed by atoms with E-state index in [1.807, 2.05) is 6.92 Å². The van der Waals surface area contributed by atoms with Crippen LogP contribution in [-0.4, -0.2) is 38.3 Å². The van der Waals surface area contributed by atoms with Gasteiger partial charge in [-0.05, 0) is 76.6 Å². The molecule has 1 amide bonds. The molecule has 1 saturated heterocycles. The Morgan fingerprint density at radius 2 is 1.60 bits per heavy atom. The van der Waals surface area contributed by atoms with Crippen LogP contribution >= 0.6 is 0 Å². The van der Waals surface area contributed by atoms with Crippen molar-refractivity contribution in [1.29, 1.82) is 0 Å². The van der Waals surface area contributed by atoms with Crippen LogP contribution in [0, 0.1) is 0 Å². The Bertz CT molecular complexity index is 1150. The molecule has 1 aromatic heterocycles. The highest BCUT2D eigenvalue weighted by Crippen LogP contribution is 2.43. The largest absolute Gasteiger partial charge is 0.444 e. The Morgan fingerprint density at radius 1 is 1.05 bits per heavy atom. The highest BCUT2D eigenvalue weighted by molar-refractivity contribution is 5.71. The van der Waals surface area contributed by atoms with Gasteiger partial charge in [-0.15, -0.1) is 0 Å². The number of ether oxygens (including phenoxy) is 1. The summed E-state index contributed by atoms with van der Waals surface area (Å²) in [7, 11) is 0. The van der Waals surface area contributed by atoms with E-state index >= 15 is 0 Å². The number of carbonyl (C=O) groups is 1. The molecule has 2 atom stereocenters. The molecular formula is C27H35F6N5O2. The Labute approximate surface area is 229 Å². The second-order valence-corrected chi connectivity index (χ2v) is 11.0. The van der Waals surface area contributed by atoms with E-state index in [1.54, 1.807) is 32.6 Å². The van der Waals surface area contributed by atoms with Crippen molar-refractivity contribution in [2.45, 2.75) is 103 Å². The molecule has 13 heteroatoms. The minimum atomic E-state index is -5.01. The molecule has 2 aromatic rings. The van der Waals surface area contributed by atoms with Crippen LogP contribution in [0.25, 0.3) is 0 Å². The van der Waals surface area contributed by atoms with Crippen molar-refractivity contribution < 1.29 is 35.9 Å². The van der Waals surface area contributed by atoms with Gasteiger partial charge in [0, 0.05) is 12.6 Å². The first-order valence-electron chi connectivity index (χ1n) is 13.1. The number of nitrogen functional groups attached to an aromatic ring is 1. The van der Waals surface area contributed by atoms with Gasteiger partial charge >= 0.3 is 18.4 Å². The van der Waals surface area contributed by atoms with Crippen LogP contribution in [0.4, 0.5) is 42.8 Å². The van der Waals surface area contributed by atoms with Gasteiger partial charge in [0.2, 0.25) is 5.95 Å². The summed E-state index contributed by atoms with van der Waals surface area (Å²) in [5, 5.41) is 0. The lowest BCUT2D eigenvalue weighted by Crippen LogP contribution is -2.67. The monoisotopic (exact) mass is 575 g/mol. The number of nitrogens with zero attached hydrogens (tertiary/aromatic N) is 4. The fraction of sp³-hybridized carbons (Fsp3) is 0.593. The molecule has 1 aliphatic rings. The highest BCUT2D eigenvalue weighted by Gasteiger charge is 2.51. The van der Waals surface area contributed by atoms with Crippen molar-refractivity contribution >= 4 is 17.7 Å². The zero-order valence-corrected chi connectivity index (χ0v) is 23.2.